The van der Waals surface area contributed by atoms with Crippen LogP contribution in [0.1, 0.15) is 30.0 Å². The minimum atomic E-state index is 0.212. The molecule has 0 bridgehead atoms. The lowest BCUT2D eigenvalue weighted by Gasteiger charge is -2.36. The lowest BCUT2D eigenvalue weighted by atomic mass is 9.90. The van der Waals surface area contributed by atoms with E-state index in [2.05, 4.69) is 39.0 Å². The van der Waals surface area contributed by atoms with E-state index in [1.54, 1.807) is 0 Å². The molecule has 1 aromatic carbocycles. The SMILES string of the molecule is NC1c2ccc(Br)cc2CN2CCC[C@@H]12. The van der Waals surface area contributed by atoms with Crippen LogP contribution in [-0.2, 0) is 6.54 Å². The quantitative estimate of drug-likeness (QED) is 0.782. The molecule has 2 heterocycles. The second-order valence-corrected chi connectivity index (χ2v) is 5.46. The Labute approximate surface area is 98.6 Å². The average Bonchev–Trinajstić information content (AvgIpc) is 2.65. The van der Waals surface area contributed by atoms with Crippen molar-refractivity contribution in [2.45, 2.75) is 31.5 Å². The molecule has 80 valence electrons. The van der Waals surface area contributed by atoms with Gasteiger partial charge in [-0.1, -0.05) is 22.0 Å². The summed E-state index contributed by atoms with van der Waals surface area (Å²) in [5.41, 5.74) is 9.07. The van der Waals surface area contributed by atoms with Crippen LogP contribution in [0.5, 0.6) is 0 Å². The van der Waals surface area contributed by atoms with E-state index in [-0.39, 0.29) is 6.04 Å². The van der Waals surface area contributed by atoms with Gasteiger partial charge in [0.05, 0.1) is 0 Å². The third-order valence-corrected chi connectivity index (χ3v) is 4.16. The molecule has 2 N–H and O–H groups in total. The summed E-state index contributed by atoms with van der Waals surface area (Å²) in [4.78, 5) is 2.53. The van der Waals surface area contributed by atoms with E-state index in [9.17, 15) is 0 Å². The van der Waals surface area contributed by atoms with Gasteiger partial charge in [-0.05, 0) is 42.6 Å². The summed E-state index contributed by atoms with van der Waals surface area (Å²) >= 11 is 3.52. The summed E-state index contributed by atoms with van der Waals surface area (Å²) in [7, 11) is 0. The highest BCUT2D eigenvalue weighted by Crippen LogP contribution is 2.36. The number of rotatable bonds is 0. The molecule has 0 saturated carbocycles. The van der Waals surface area contributed by atoms with Crippen molar-refractivity contribution in [3.63, 3.8) is 0 Å². The lowest BCUT2D eigenvalue weighted by Crippen LogP contribution is -2.42. The lowest BCUT2D eigenvalue weighted by molar-refractivity contribution is 0.197. The standard InChI is InChI=1S/C12H15BrN2/c13-9-3-4-10-8(6-9)7-15-5-1-2-11(15)12(10)14/h3-4,6,11-12H,1-2,5,7,14H2/t11-,12?/m0/s1. The summed E-state index contributed by atoms with van der Waals surface area (Å²) in [6.45, 7) is 2.29. The normalized spacial score (nSPS) is 30.0. The van der Waals surface area contributed by atoms with Gasteiger partial charge in [-0.25, -0.2) is 0 Å². The Kier molecular flexibility index (Phi) is 2.34. The third-order valence-electron chi connectivity index (χ3n) is 3.67. The second kappa shape index (κ2) is 3.58. The highest BCUT2D eigenvalue weighted by molar-refractivity contribution is 9.10. The molecule has 1 unspecified atom stereocenters. The number of hydrogen-bond acceptors (Lipinski definition) is 2. The number of hydrogen-bond donors (Lipinski definition) is 1. The van der Waals surface area contributed by atoms with Crippen LogP contribution >= 0.6 is 15.9 Å². The summed E-state index contributed by atoms with van der Waals surface area (Å²) in [5.74, 6) is 0. The molecule has 0 aliphatic carbocycles. The average molecular weight is 267 g/mol. The molecule has 3 rings (SSSR count). The molecule has 2 aliphatic heterocycles. The van der Waals surface area contributed by atoms with Gasteiger partial charge in [-0.15, -0.1) is 0 Å². The Morgan fingerprint density at radius 3 is 3.13 bits per heavy atom. The van der Waals surface area contributed by atoms with E-state index in [0.717, 1.165) is 11.0 Å². The topological polar surface area (TPSA) is 29.3 Å². The molecule has 2 nitrogen and oxygen atoms in total. The molecule has 0 amide bonds. The first-order valence-corrected chi connectivity index (χ1v) is 6.33. The first-order valence-electron chi connectivity index (χ1n) is 5.53. The van der Waals surface area contributed by atoms with Gasteiger partial charge in [0.15, 0.2) is 0 Å². The molecule has 2 aliphatic rings. The van der Waals surface area contributed by atoms with Crippen LogP contribution in [0.15, 0.2) is 22.7 Å². The van der Waals surface area contributed by atoms with Crippen molar-refractivity contribution >= 4 is 15.9 Å². The first kappa shape index (κ1) is 9.82. The van der Waals surface area contributed by atoms with Crippen molar-refractivity contribution < 1.29 is 0 Å². The maximum atomic E-state index is 6.32. The van der Waals surface area contributed by atoms with E-state index >= 15 is 0 Å². The molecule has 1 aromatic rings. The Morgan fingerprint density at radius 1 is 1.40 bits per heavy atom. The highest BCUT2D eigenvalue weighted by Gasteiger charge is 2.35. The van der Waals surface area contributed by atoms with Crippen molar-refractivity contribution in [1.29, 1.82) is 0 Å². The second-order valence-electron chi connectivity index (χ2n) is 4.55. The number of halogens is 1. The number of benzene rings is 1. The molecular weight excluding hydrogens is 252 g/mol. The largest absolute Gasteiger partial charge is 0.323 e. The zero-order valence-electron chi connectivity index (χ0n) is 8.62. The zero-order valence-corrected chi connectivity index (χ0v) is 10.2. The fourth-order valence-electron chi connectivity index (χ4n) is 2.92. The maximum absolute atomic E-state index is 6.32. The van der Waals surface area contributed by atoms with Crippen LogP contribution in [0.25, 0.3) is 0 Å². The van der Waals surface area contributed by atoms with Gasteiger partial charge in [0, 0.05) is 23.1 Å². The molecule has 2 atom stereocenters. The summed E-state index contributed by atoms with van der Waals surface area (Å²) < 4.78 is 1.16. The van der Waals surface area contributed by atoms with Crippen LogP contribution in [0.3, 0.4) is 0 Å². The molecule has 0 radical (unpaired) electrons. The summed E-state index contributed by atoms with van der Waals surface area (Å²) in [5, 5.41) is 0. The first-order chi connectivity index (χ1) is 7.25. The fraction of sp³-hybridized carbons (Fsp3) is 0.500. The van der Waals surface area contributed by atoms with Crippen molar-refractivity contribution in [3.8, 4) is 0 Å². The third kappa shape index (κ3) is 1.53. The van der Waals surface area contributed by atoms with Gasteiger partial charge >= 0.3 is 0 Å². The van der Waals surface area contributed by atoms with Crippen molar-refractivity contribution in [3.05, 3.63) is 33.8 Å². The molecule has 15 heavy (non-hydrogen) atoms. The zero-order chi connectivity index (χ0) is 10.4. The highest BCUT2D eigenvalue weighted by atomic mass is 79.9. The maximum Gasteiger partial charge on any atom is 0.0456 e. The van der Waals surface area contributed by atoms with Crippen LogP contribution in [0.4, 0.5) is 0 Å². The van der Waals surface area contributed by atoms with Crippen LogP contribution in [0, 0.1) is 0 Å². The van der Waals surface area contributed by atoms with E-state index in [1.807, 2.05) is 0 Å². The molecule has 1 fully saturated rings. The van der Waals surface area contributed by atoms with Crippen LogP contribution in [0.2, 0.25) is 0 Å². The van der Waals surface area contributed by atoms with E-state index in [4.69, 9.17) is 5.73 Å². The molecule has 3 heteroatoms. The monoisotopic (exact) mass is 266 g/mol. The van der Waals surface area contributed by atoms with Crippen molar-refractivity contribution in [2.24, 2.45) is 5.73 Å². The van der Waals surface area contributed by atoms with E-state index in [0.29, 0.717) is 6.04 Å². The smallest absolute Gasteiger partial charge is 0.0456 e. The number of nitrogens with two attached hydrogens (primary N) is 1. The van der Waals surface area contributed by atoms with Gasteiger partial charge in [0.25, 0.3) is 0 Å². The Balaban J connectivity index is 2.04. The van der Waals surface area contributed by atoms with Gasteiger partial charge in [-0.2, -0.15) is 0 Å². The molecule has 0 aromatic heterocycles. The number of fused-ring (bicyclic) bond motifs is 2. The van der Waals surface area contributed by atoms with Crippen molar-refractivity contribution in [1.82, 2.24) is 4.90 Å². The van der Waals surface area contributed by atoms with E-state index in [1.165, 1.54) is 30.5 Å². The summed E-state index contributed by atoms with van der Waals surface area (Å²) in [6.07, 6.45) is 2.56. The predicted octanol–water partition coefficient (Wildman–Crippen LogP) is 2.43. The van der Waals surface area contributed by atoms with Gasteiger partial charge in [0.1, 0.15) is 0 Å². The van der Waals surface area contributed by atoms with Crippen LogP contribution < -0.4 is 5.73 Å². The number of nitrogens with zero attached hydrogens (tertiary/aromatic N) is 1. The summed E-state index contributed by atoms with van der Waals surface area (Å²) in [6, 6.07) is 7.29. The van der Waals surface area contributed by atoms with Gasteiger partial charge < -0.3 is 5.73 Å². The van der Waals surface area contributed by atoms with E-state index < -0.39 is 0 Å². The molecule has 1 saturated heterocycles. The Hall–Kier alpha value is -0.380. The molecule has 0 spiro atoms. The van der Waals surface area contributed by atoms with Gasteiger partial charge in [0.2, 0.25) is 0 Å². The van der Waals surface area contributed by atoms with Crippen molar-refractivity contribution in [2.75, 3.05) is 6.54 Å². The fourth-order valence-corrected chi connectivity index (χ4v) is 3.33. The minimum absolute atomic E-state index is 0.212. The Morgan fingerprint density at radius 2 is 2.27 bits per heavy atom. The van der Waals surface area contributed by atoms with Crippen LogP contribution in [-0.4, -0.2) is 17.5 Å². The van der Waals surface area contributed by atoms with Gasteiger partial charge in [-0.3, -0.25) is 4.90 Å². The predicted molar refractivity (Wildman–Crippen MR) is 64.5 cm³/mol. The Bertz CT molecular complexity index is 391. The minimum Gasteiger partial charge on any atom is -0.323 e. The molecular formula is C12H15BrN2.